The highest BCUT2D eigenvalue weighted by Crippen LogP contribution is 2.32. The maximum atomic E-state index is 12.6. The number of alkyl halides is 3. The number of anilines is 1. The van der Waals surface area contributed by atoms with Gasteiger partial charge in [-0.3, -0.25) is 14.9 Å². The molecule has 0 aliphatic rings. The van der Waals surface area contributed by atoms with Crippen molar-refractivity contribution in [3.05, 3.63) is 82.4 Å². The van der Waals surface area contributed by atoms with Crippen molar-refractivity contribution in [3.8, 4) is 0 Å². The van der Waals surface area contributed by atoms with Crippen molar-refractivity contribution < 1.29 is 9.72 Å². The number of hydrogen-bond donors (Lipinski definition) is 2. The van der Waals surface area contributed by atoms with Gasteiger partial charge in [-0.05, 0) is 29.0 Å². The van der Waals surface area contributed by atoms with Gasteiger partial charge >= 0.3 is 0 Å². The molecule has 1 unspecified atom stereocenters. The van der Waals surface area contributed by atoms with Crippen LogP contribution in [0.25, 0.3) is 10.8 Å². The molecule has 3 rings (SSSR count). The Morgan fingerprint density at radius 1 is 0.964 bits per heavy atom. The number of hydrogen-bond acceptors (Lipinski definition) is 4. The fraction of sp³-hybridized carbons (Fsp3) is 0.105. The van der Waals surface area contributed by atoms with Gasteiger partial charge in [0.2, 0.25) is 3.79 Å². The number of rotatable bonds is 5. The van der Waals surface area contributed by atoms with E-state index in [1.54, 1.807) is 6.07 Å². The first-order chi connectivity index (χ1) is 13.3. The molecule has 0 fully saturated rings. The summed E-state index contributed by atoms with van der Waals surface area (Å²) in [5.74, 6) is -0.739. The van der Waals surface area contributed by atoms with E-state index in [9.17, 15) is 14.9 Å². The van der Waals surface area contributed by atoms with Crippen molar-refractivity contribution in [2.75, 3.05) is 5.32 Å². The highest BCUT2D eigenvalue weighted by Gasteiger charge is 2.35. The van der Waals surface area contributed by atoms with Crippen LogP contribution in [0, 0.1) is 10.1 Å². The van der Waals surface area contributed by atoms with Gasteiger partial charge in [-0.1, -0.05) is 77.3 Å². The molecule has 144 valence electrons. The normalized spacial score (nSPS) is 12.4. The van der Waals surface area contributed by atoms with Crippen LogP contribution in [0.4, 0.5) is 11.4 Å². The Bertz CT molecular complexity index is 1040. The van der Waals surface area contributed by atoms with Crippen molar-refractivity contribution in [2.45, 2.75) is 9.96 Å². The van der Waals surface area contributed by atoms with E-state index in [2.05, 4.69) is 10.6 Å². The lowest BCUT2D eigenvalue weighted by Crippen LogP contribution is -2.49. The molecule has 28 heavy (non-hydrogen) atoms. The van der Waals surface area contributed by atoms with Crippen LogP contribution in [0.2, 0.25) is 0 Å². The molecule has 3 aromatic carbocycles. The number of carbonyl (C=O) groups excluding carboxylic acids is 1. The number of amides is 1. The van der Waals surface area contributed by atoms with Crippen LogP contribution < -0.4 is 10.6 Å². The van der Waals surface area contributed by atoms with Gasteiger partial charge < -0.3 is 10.6 Å². The van der Waals surface area contributed by atoms with Crippen LogP contribution in [0.1, 0.15) is 10.4 Å². The van der Waals surface area contributed by atoms with Gasteiger partial charge in [0.25, 0.3) is 11.6 Å². The van der Waals surface area contributed by atoms with E-state index in [-0.39, 0.29) is 11.3 Å². The summed E-state index contributed by atoms with van der Waals surface area (Å²) in [4.78, 5) is 23.1. The second kappa shape index (κ2) is 8.22. The number of benzene rings is 3. The molecule has 0 heterocycles. The summed E-state index contributed by atoms with van der Waals surface area (Å²) in [6.45, 7) is 0. The lowest BCUT2D eigenvalue weighted by molar-refractivity contribution is -0.385. The van der Waals surface area contributed by atoms with Crippen LogP contribution in [-0.2, 0) is 0 Å². The molecular weight excluding hydrogens is 425 g/mol. The Balaban J connectivity index is 1.86. The number of fused-ring (bicyclic) bond motifs is 1. The third-order valence-electron chi connectivity index (χ3n) is 4.01. The zero-order chi connectivity index (χ0) is 20.3. The molecule has 2 N–H and O–H groups in total. The maximum Gasteiger partial charge on any atom is 0.282 e. The van der Waals surface area contributed by atoms with Gasteiger partial charge in [-0.25, -0.2) is 0 Å². The molecule has 1 amide bonds. The largest absolute Gasteiger partial charge is 0.362 e. The number of nitro groups is 1. The first kappa shape index (κ1) is 20.2. The fourth-order valence-corrected chi connectivity index (χ4v) is 3.01. The molecule has 1 atom stereocenters. The van der Waals surface area contributed by atoms with Gasteiger partial charge in [0.05, 0.1) is 4.92 Å². The summed E-state index contributed by atoms with van der Waals surface area (Å²) in [6, 6.07) is 18.8. The zero-order valence-corrected chi connectivity index (χ0v) is 16.5. The van der Waals surface area contributed by atoms with Crippen LogP contribution in [0.15, 0.2) is 66.7 Å². The van der Waals surface area contributed by atoms with Crippen molar-refractivity contribution in [1.29, 1.82) is 0 Å². The van der Waals surface area contributed by atoms with Crippen molar-refractivity contribution in [1.82, 2.24) is 5.32 Å². The average Bonchev–Trinajstić information content (AvgIpc) is 2.66. The van der Waals surface area contributed by atoms with Gasteiger partial charge in [-0.15, -0.1) is 0 Å². The minimum atomic E-state index is -1.91. The van der Waals surface area contributed by atoms with Crippen LogP contribution >= 0.6 is 34.8 Å². The van der Waals surface area contributed by atoms with Crippen molar-refractivity contribution in [2.24, 2.45) is 0 Å². The molecule has 0 saturated heterocycles. The fourth-order valence-electron chi connectivity index (χ4n) is 2.68. The lowest BCUT2D eigenvalue weighted by atomic mass is 10.1. The molecule has 0 saturated carbocycles. The third kappa shape index (κ3) is 4.65. The molecule has 9 heteroatoms. The number of carbonyl (C=O) groups is 1. The van der Waals surface area contributed by atoms with Gasteiger partial charge in [-0.2, -0.15) is 0 Å². The van der Waals surface area contributed by atoms with Gasteiger partial charge in [0, 0.05) is 11.8 Å². The molecule has 3 aromatic rings. The van der Waals surface area contributed by atoms with Crippen molar-refractivity contribution in [3.63, 3.8) is 0 Å². The van der Waals surface area contributed by atoms with E-state index in [0.717, 1.165) is 10.8 Å². The van der Waals surface area contributed by atoms with Gasteiger partial charge in [0.1, 0.15) is 11.7 Å². The molecule has 0 aliphatic carbocycles. The quantitative estimate of drug-likeness (QED) is 0.245. The first-order valence-electron chi connectivity index (χ1n) is 8.12. The summed E-state index contributed by atoms with van der Waals surface area (Å²) in [6.07, 6.45) is -1.13. The molecule has 6 nitrogen and oxygen atoms in total. The molecular formula is C19H14Cl3N3O3. The summed E-state index contributed by atoms with van der Waals surface area (Å²) in [7, 11) is 0. The first-order valence-corrected chi connectivity index (χ1v) is 9.25. The van der Waals surface area contributed by atoms with E-state index in [0.29, 0.717) is 5.69 Å². The summed E-state index contributed by atoms with van der Waals surface area (Å²) < 4.78 is -1.91. The molecule has 0 radical (unpaired) electrons. The number of para-hydroxylation sites is 1. The molecule has 0 aromatic heterocycles. The number of nitro benzene ring substituents is 1. The predicted molar refractivity (Wildman–Crippen MR) is 112 cm³/mol. The minimum absolute atomic E-state index is 0.132. The summed E-state index contributed by atoms with van der Waals surface area (Å²) in [5.41, 5.74) is 0.138. The number of halogens is 3. The average molecular weight is 439 g/mol. The Morgan fingerprint density at radius 3 is 2.29 bits per heavy atom. The Labute approximate surface area is 175 Å². The van der Waals surface area contributed by atoms with Crippen molar-refractivity contribution >= 4 is 62.9 Å². The maximum absolute atomic E-state index is 12.6. The van der Waals surface area contributed by atoms with E-state index in [1.807, 2.05) is 36.4 Å². The lowest BCUT2D eigenvalue weighted by Gasteiger charge is -2.27. The SMILES string of the molecule is O=C(NC(Nc1ccc2ccccc2c1)C(Cl)(Cl)Cl)c1ccccc1[N+](=O)[O-]. The van der Waals surface area contributed by atoms with Crippen LogP contribution in [0.3, 0.4) is 0 Å². The third-order valence-corrected chi connectivity index (χ3v) is 4.66. The molecule has 0 aliphatic heterocycles. The smallest absolute Gasteiger partial charge is 0.282 e. The molecule has 0 spiro atoms. The highest BCUT2D eigenvalue weighted by atomic mass is 35.6. The Morgan fingerprint density at radius 2 is 1.61 bits per heavy atom. The topological polar surface area (TPSA) is 84.3 Å². The predicted octanol–water partition coefficient (Wildman–Crippen LogP) is 5.29. The number of nitrogens with zero attached hydrogens (tertiary/aromatic N) is 1. The summed E-state index contributed by atoms with van der Waals surface area (Å²) in [5, 5.41) is 18.6. The van der Waals surface area contributed by atoms with Crippen LogP contribution in [0.5, 0.6) is 0 Å². The monoisotopic (exact) mass is 437 g/mol. The van der Waals surface area contributed by atoms with E-state index < -0.39 is 20.8 Å². The van der Waals surface area contributed by atoms with Gasteiger partial charge in [0.15, 0.2) is 0 Å². The standard InChI is InChI=1S/C19H14Cl3N3O3/c20-19(21,22)18(23-14-10-9-12-5-1-2-6-13(12)11-14)24-17(26)15-7-3-4-8-16(15)25(27)28/h1-11,18,23H,(H,24,26). The second-order valence-electron chi connectivity index (χ2n) is 5.93. The Kier molecular flexibility index (Phi) is 5.93. The second-order valence-corrected chi connectivity index (χ2v) is 8.30. The van der Waals surface area contributed by atoms with Crippen LogP contribution in [-0.4, -0.2) is 20.8 Å². The zero-order valence-electron chi connectivity index (χ0n) is 14.2. The highest BCUT2D eigenvalue weighted by molar-refractivity contribution is 6.68. The molecule has 0 bridgehead atoms. The minimum Gasteiger partial charge on any atom is -0.362 e. The van der Waals surface area contributed by atoms with E-state index in [4.69, 9.17) is 34.8 Å². The van der Waals surface area contributed by atoms with E-state index in [1.165, 1.54) is 24.3 Å². The van der Waals surface area contributed by atoms with E-state index >= 15 is 0 Å². The number of nitrogens with one attached hydrogen (secondary N) is 2. The Hall–Kier alpha value is -2.54. The summed E-state index contributed by atoms with van der Waals surface area (Å²) >= 11 is 18.1.